The molecular weight excluding hydrogens is 237 g/mol. The molecule has 0 spiro atoms. The molecular formula is C11H14FN5O. The Hall–Kier alpha value is -2.02. The second-order valence-electron chi connectivity index (χ2n) is 3.61. The Kier molecular flexibility index (Phi) is 3.83. The number of methoxy groups -OCH3 is 1. The van der Waals surface area contributed by atoms with Crippen LogP contribution in [0.15, 0.2) is 18.2 Å². The molecule has 6 nitrogen and oxygen atoms in total. The molecule has 2 aromatic rings. The van der Waals surface area contributed by atoms with Crippen LogP contribution in [0.3, 0.4) is 0 Å². The van der Waals surface area contributed by atoms with E-state index in [1.165, 1.54) is 13.2 Å². The number of hydrogen-bond donors (Lipinski definition) is 1. The highest BCUT2D eigenvalue weighted by Gasteiger charge is 2.10. The SMILES string of the molecule is CCNCc1nnnn1-c1ccc(F)c(OC)c1. The molecule has 18 heavy (non-hydrogen) atoms. The number of tetrazole rings is 1. The van der Waals surface area contributed by atoms with Crippen LogP contribution < -0.4 is 10.1 Å². The Labute approximate surface area is 104 Å². The van der Waals surface area contributed by atoms with Crippen molar-refractivity contribution >= 4 is 0 Å². The van der Waals surface area contributed by atoms with Crippen molar-refractivity contribution in [2.24, 2.45) is 0 Å². The first-order valence-corrected chi connectivity index (χ1v) is 5.58. The molecule has 0 radical (unpaired) electrons. The Balaban J connectivity index is 2.33. The van der Waals surface area contributed by atoms with Crippen LogP contribution in [0, 0.1) is 5.82 Å². The number of nitrogens with zero attached hydrogens (tertiary/aromatic N) is 4. The van der Waals surface area contributed by atoms with E-state index in [2.05, 4.69) is 20.8 Å². The van der Waals surface area contributed by atoms with Crippen LogP contribution >= 0.6 is 0 Å². The third-order valence-electron chi connectivity index (χ3n) is 2.45. The maximum absolute atomic E-state index is 13.3. The molecule has 1 heterocycles. The number of halogens is 1. The minimum absolute atomic E-state index is 0.164. The predicted molar refractivity (Wildman–Crippen MR) is 63.0 cm³/mol. The molecule has 0 unspecified atom stereocenters. The summed E-state index contributed by atoms with van der Waals surface area (Å²) in [5, 5.41) is 14.5. The fourth-order valence-electron chi connectivity index (χ4n) is 1.53. The van der Waals surface area contributed by atoms with E-state index in [-0.39, 0.29) is 5.75 Å². The zero-order chi connectivity index (χ0) is 13.0. The monoisotopic (exact) mass is 251 g/mol. The van der Waals surface area contributed by atoms with Crippen molar-refractivity contribution in [3.8, 4) is 11.4 Å². The lowest BCUT2D eigenvalue weighted by Gasteiger charge is -2.07. The largest absolute Gasteiger partial charge is 0.494 e. The van der Waals surface area contributed by atoms with Crippen molar-refractivity contribution in [3.05, 3.63) is 29.8 Å². The Morgan fingerprint density at radius 3 is 3.00 bits per heavy atom. The topological polar surface area (TPSA) is 64.9 Å². The number of aromatic nitrogens is 4. The summed E-state index contributed by atoms with van der Waals surface area (Å²) >= 11 is 0. The summed E-state index contributed by atoms with van der Waals surface area (Å²) in [6.07, 6.45) is 0. The zero-order valence-electron chi connectivity index (χ0n) is 10.2. The van der Waals surface area contributed by atoms with Gasteiger partial charge in [0.05, 0.1) is 19.3 Å². The molecule has 0 atom stereocenters. The first-order valence-electron chi connectivity index (χ1n) is 5.58. The third-order valence-corrected chi connectivity index (χ3v) is 2.45. The molecule has 0 saturated heterocycles. The van der Waals surface area contributed by atoms with E-state index in [0.29, 0.717) is 18.1 Å². The Bertz CT molecular complexity index is 528. The summed E-state index contributed by atoms with van der Waals surface area (Å²) in [5.41, 5.74) is 0.658. The summed E-state index contributed by atoms with van der Waals surface area (Å²) in [4.78, 5) is 0. The van der Waals surface area contributed by atoms with Gasteiger partial charge in [-0.05, 0) is 29.1 Å². The van der Waals surface area contributed by atoms with Gasteiger partial charge in [-0.1, -0.05) is 6.92 Å². The summed E-state index contributed by atoms with van der Waals surface area (Å²) < 4.78 is 19.8. The third kappa shape index (κ3) is 2.45. The average molecular weight is 251 g/mol. The first-order chi connectivity index (χ1) is 8.76. The lowest BCUT2D eigenvalue weighted by atomic mass is 10.3. The molecule has 0 amide bonds. The van der Waals surface area contributed by atoms with Crippen LogP contribution in [-0.4, -0.2) is 33.9 Å². The summed E-state index contributed by atoms with van der Waals surface area (Å²) in [7, 11) is 1.42. The van der Waals surface area contributed by atoms with Gasteiger partial charge in [0.15, 0.2) is 17.4 Å². The number of nitrogens with one attached hydrogen (secondary N) is 1. The van der Waals surface area contributed by atoms with Crippen LogP contribution in [0.25, 0.3) is 5.69 Å². The van der Waals surface area contributed by atoms with E-state index in [9.17, 15) is 4.39 Å². The molecule has 1 aromatic heterocycles. The summed E-state index contributed by atoms with van der Waals surface area (Å²) in [5.74, 6) is 0.408. The van der Waals surface area contributed by atoms with Gasteiger partial charge in [0.2, 0.25) is 0 Å². The van der Waals surface area contributed by atoms with E-state index < -0.39 is 5.82 Å². The lowest BCUT2D eigenvalue weighted by molar-refractivity contribution is 0.386. The molecule has 1 N–H and O–H groups in total. The second kappa shape index (κ2) is 5.54. The number of rotatable bonds is 5. The Morgan fingerprint density at radius 1 is 1.44 bits per heavy atom. The van der Waals surface area contributed by atoms with Gasteiger partial charge in [0, 0.05) is 6.07 Å². The van der Waals surface area contributed by atoms with Crippen molar-refractivity contribution in [2.75, 3.05) is 13.7 Å². The molecule has 1 aromatic carbocycles. The summed E-state index contributed by atoms with van der Waals surface area (Å²) in [6.45, 7) is 3.36. The van der Waals surface area contributed by atoms with E-state index in [0.717, 1.165) is 6.54 Å². The van der Waals surface area contributed by atoms with Crippen molar-refractivity contribution in [3.63, 3.8) is 0 Å². The van der Waals surface area contributed by atoms with Gasteiger partial charge in [-0.2, -0.15) is 4.68 Å². The first kappa shape index (κ1) is 12.4. The molecule has 0 bridgehead atoms. The van der Waals surface area contributed by atoms with Gasteiger partial charge in [0.1, 0.15) is 0 Å². The molecule has 0 aliphatic heterocycles. The summed E-state index contributed by atoms with van der Waals surface area (Å²) in [6, 6.07) is 4.48. The average Bonchev–Trinajstić information content (AvgIpc) is 2.85. The number of benzene rings is 1. The zero-order valence-corrected chi connectivity index (χ0v) is 10.2. The van der Waals surface area contributed by atoms with Crippen LogP contribution in [0.2, 0.25) is 0 Å². The van der Waals surface area contributed by atoms with Gasteiger partial charge in [0.25, 0.3) is 0 Å². The molecule has 96 valence electrons. The minimum Gasteiger partial charge on any atom is -0.494 e. The van der Waals surface area contributed by atoms with E-state index in [4.69, 9.17) is 4.74 Å². The quantitative estimate of drug-likeness (QED) is 0.856. The highest BCUT2D eigenvalue weighted by atomic mass is 19.1. The predicted octanol–water partition coefficient (Wildman–Crippen LogP) is 0.919. The lowest BCUT2D eigenvalue weighted by Crippen LogP contribution is -2.16. The van der Waals surface area contributed by atoms with E-state index in [1.807, 2.05) is 6.92 Å². The second-order valence-corrected chi connectivity index (χ2v) is 3.61. The highest BCUT2D eigenvalue weighted by molar-refractivity contribution is 5.39. The van der Waals surface area contributed by atoms with Gasteiger partial charge < -0.3 is 10.1 Å². The smallest absolute Gasteiger partial charge is 0.170 e. The highest BCUT2D eigenvalue weighted by Crippen LogP contribution is 2.20. The standard InChI is InChI=1S/C11H14FN5O/c1-3-13-7-11-14-15-16-17(11)8-4-5-9(12)10(6-8)18-2/h4-6,13H,3,7H2,1-2H3. The van der Waals surface area contributed by atoms with Crippen molar-refractivity contribution in [1.29, 1.82) is 0 Å². The van der Waals surface area contributed by atoms with Crippen LogP contribution in [0.1, 0.15) is 12.7 Å². The van der Waals surface area contributed by atoms with Crippen molar-refractivity contribution in [1.82, 2.24) is 25.5 Å². The van der Waals surface area contributed by atoms with Crippen LogP contribution in [0.4, 0.5) is 4.39 Å². The molecule has 7 heteroatoms. The number of ether oxygens (including phenoxy) is 1. The fourth-order valence-corrected chi connectivity index (χ4v) is 1.53. The van der Waals surface area contributed by atoms with E-state index >= 15 is 0 Å². The van der Waals surface area contributed by atoms with Crippen molar-refractivity contribution in [2.45, 2.75) is 13.5 Å². The molecule has 0 fully saturated rings. The van der Waals surface area contributed by atoms with Gasteiger partial charge in [-0.15, -0.1) is 5.10 Å². The maximum Gasteiger partial charge on any atom is 0.170 e. The molecule has 2 rings (SSSR count). The van der Waals surface area contributed by atoms with E-state index in [1.54, 1.807) is 16.8 Å². The molecule has 0 aliphatic rings. The normalized spacial score (nSPS) is 10.6. The van der Waals surface area contributed by atoms with Gasteiger partial charge in [-0.3, -0.25) is 0 Å². The van der Waals surface area contributed by atoms with Crippen molar-refractivity contribution < 1.29 is 9.13 Å². The van der Waals surface area contributed by atoms with Crippen LogP contribution in [0.5, 0.6) is 5.75 Å². The van der Waals surface area contributed by atoms with Gasteiger partial charge >= 0.3 is 0 Å². The number of hydrogen-bond acceptors (Lipinski definition) is 5. The van der Waals surface area contributed by atoms with Gasteiger partial charge in [-0.25, -0.2) is 4.39 Å². The molecule has 0 saturated carbocycles. The minimum atomic E-state index is -0.414. The molecule has 0 aliphatic carbocycles. The van der Waals surface area contributed by atoms with Crippen LogP contribution in [-0.2, 0) is 6.54 Å². The fraction of sp³-hybridized carbons (Fsp3) is 0.364. The maximum atomic E-state index is 13.3. The Morgan fingerprint density at radius 2 is 2.28 bits per heavy atom.